The van der Waals surface area contributed by atoms with Gasteiger partial charge in [0.05, 0.1) is 0 Å². The Bertz CT molecular complexity index is 322. The summed E-state index contributed by atoms with van der Waals surface area (Å²) < 4.78 is 0. The lowest BCUT2D eigenvalue weighted by Crippen LogP contribution is -2.18. The van der Waals surface area contributed by atoms with E-state index in [-0.39, 0.29) is 0 Å². The van der Waals surface area contributed by atoms with Crippen molar-refractivity contribution in [2.45, 2.75) is 32.6 Å². The van der Waals surface area contributed by atoms with Crippen molar-refractivity contribution >= 4 is 12.6 Å². The first-order valence-corrected chi connectivity index (χ1v) is 6.56. The van der Waals surface area contributed by atoms with Crippen molar-refractivity contribution in [3.63, 3.8) is 0 Å². The molecule has 0 bridgehead atoms. The highest BCUT2D eigenvalue weighted by atomic mass is 32.1. The fraction of sp³-hybridized carbons (Fsp3) is 0.571. The monoisotopic (exact) mass is 220 g/mol. The van der Waals surface area contributed by atoms with Crippen molar-refractivity contribution in [3.05, 3.63) is 35.5 Å². The van der Waals surface area contributed by atoms with E-state index in [0.717, 1.165) is 11.7 Å². The van der Waals surface area contributed by atoms with Gasteiger partial charge in [-0.05, 0) is 49.9 Å². The summed E-state index contributed by atoms with van der Waals surface area (Å²) in [7, 11) is 0. The van der Waals surface area contributed by atoms with Crippen LogP contribution in [-0.2, 0) is 0 Å². The SMILES string of the molecule is C=CC1=C(C2CC/C2=C/C)CCC1CS. The first-order valence-electron chi connectivity index (χ1n) is 5.93. The Labute approximate surface area is 98.6 Å². The van der Waals surface area contributed by atoms with E-state index in [2.05, 4.69) is 38.3 Å². The second-order valence-electron chi connectivity index (χ2n) is 4.56. The number of thiol groups is 1. The molecule has 2 unspecified atom stereocenters. The molecule has 15 heavy (non-hydrogen) atoms. The first-order chi connectivity index (χ1) is 7.31. The third kappa shape index (κ3) is 1.82. The fourth-order valence-corrected chi connectivity index (χ4v) is 3.33. The van der Waals surface area contributed by atoms with E-state index in [1.54, 1.807) is 11.1 Å². The van der Waals surface area contributed by atoms with Gasteiger partial charge in [0.2, 0.25) is 0 Å². The Balaban J connectivity index is 2.23. The summed E-state index contributed by atoms with van der Waals surface area (Å²) in [6, 6.07) is 0. The smallest absolute Gasteiger partial charge is 0.00158 e. The molecular weight excluding hydrogens is 200 g/mol. The zero-order valence-corrected chi connectivity index (χ0v) is 10.4. The summed E-state index contributed by atoms with van der Waals surface area (Å²) in [5.74, 6) is 2.40. The molecule has 2 aliphatic rings. The summed E-state index contributed by atoms with van der Waals surface area (Å²) in [5, 5.41) is 0. The zero-order chi connectivity index (χ0) is 10.8. The van der Waals surface area contributed by atoms with E-state index in [4.69, 9.17) is 0 Å². The van der Waals surface area contributed by atoms with Gasteiger partial charge < -0.3 is 0 Å². The predicted octanol–water partition coefficient (Wildman–Crippen LogP) is 4.17. The molecule has 0 radical (unpaired) electrons. The number of hydrogen-bond donors (Lipinski definition) is 1. The van der Waals surface area contributed by atoms with Gasteiger partial charge in [-0.25, -0.2) is 0 Å². The van der Waals surface area contributed by atoms with Gasteiger partial charge in [-0.15, -0.1) is 0 Å². The maximum atomic E-state index is 4.43. The molecule has 2 atom stereocenters. The zero-order valence-electron chi connectivity index (χ0n) is 9.50. The molecule has 1 saturated carbocycles. The summed E-state index contributed by atoms with van der Waals surface area (Å²) >= 11 is 4.43. The maximum absolute atomic E-state index is 4.43. The molecule has 0 spiro atoms. The van der Waals surface area contributed by atoms with Crippen LogP contribution < -0.4 is 0 Å². The molecule has 82 valence electrons. The first kappa shape index (κ1) is 11.1. The van der Waals surface area contributed by atoms with Crippen LogP contribution >= 0.6 is 12.6 Å². The van der Waals surface area contributed by atoms with Crippen LogP contribution in [0.25, 0.3) is 0 Å². The molecule has 1 fully saturated rings. The third-order valence-corrected chi connectivity index (χ3v) is 4.41. The van der Waals surface area contributed by atoms with Crippen LogP contribution in [0.1, 0.15) is 32.6 Å². The van der Waals surface area contributed by atoms with Gasteiger partial charge in [-0.3, -0.25) is 0 Å². The van der Waals surface area contributed by atoms with Crippen LogP contribution in [0.4, 0.5) is 0 Å². The highest BCUT2D eigenvalue weighted by Crippen LogP contribution is 2.47. The van der Waals surface area contributed by atoms with Crippen molar-refractivity contribution in [1.29, 1.82) is 0 Å². The standard InChI is InChI=1S/C14H20S/c1-3-10-5-7-13(10)14-8-6-11(9-15)12(14)4-2/h3-4,11,13,15H,2,5-9H2,1H3/b10-3-. The van der Waals surface area contributed by atoms with Crippen LogP contribution in [0.5, 0.6) is 0 Å². The molecule has 1 heteroatoms. The molecule has 0 heterocycles. The van der Waals surface area contributed by atoms with E-state index in [0.29, 0.717) is 5.92 Å². The van der Waals surface area contributed by atoms with Gasteiger partial charge in [0, 0.05) is 5.92 Å². The van der Waals surface area contributed by atoms with Crippen LogP contribution in [0, 0.1) is 11.8 Å². The second kappa shape index (κ2) is 4.61. The molecule has 0 nitrogen and oxygen atoms in total. The summed E-state index contributed by atoms with van der Waals surface area (Å²) in [4.78, 5) is 0. The molecule has 2 rings (SSSR count). The lowest BCUT2D eigenvalue weighted by atomic mass is 9.73. The van der Waals surface area contributed by atoms with E-state index in [1.165, 1.54) is 31.3 Å². The normalized spacial score (nSPS) is 33.3. The second-order valence-corrected chi connectivity index (χ2v) is 4.92. The Hall–Kier alpha value is -0.430. The van der Waals surface area contributed by atoms with Gasteiger partial charge in [-0.1, -0.05) is 29.9 Å². The molecule has 0 aromatic heterocycles. The quantitative estimate of drug-likeness (QED) is 0.536. The topological polar surface area (TPSA) is 0 Å². The van der Waals surface area contributed by atoms with Crippen LogP contribution in [0.3, 0.4) is 0 Å². The Morgan fingerprint density at radius 3 is 2.67 bits per heavy atom. The van der Waals surface area contributed by atoms with Gasteiger partial charge in [0.1, 0.15) is 0 Å². The largest absolute Gasteiger partial charge is 0.179 e. The molecule has 0 aromatic carbocycles. The minimum absolute atomic E-state index is 0.666. The summed E-state index contributed by atoms with van der Waals surface area (Å²) in [6.07, 6.45) is 9.60. The average molecular weight is 220 g/mol. The molecule has 2 aliphatic carbocycles. The Morgan fingerprint density at radius 2 is 2.20 bits per heavy atom. The van der Waals surface area contributed by atoms with Gasteiger partial charge in [0.25, 0.3) is 0 Å². The maximum Gasteiger partial charge on any atom is 0.00158 e. The molecule has 0 aromatic rings. The van der Waals surface area contributed by atoms with Gasteiger partial charge >= 0.3 is 0 Å². The third-order valence-electron chi connectivity index (χ3n) is 3.97. The summed E-state index contributed by atoms with van der Waals surface area (Å²) in [6.45, 7) is 6.14. The Kier molecular flexibility index (Phi) is 3.40. The van der Waals surface area contributed by atoms with Crippen molar-refractivity contribution in [3.8, 4) is 0 Å². The van der Waals surface area contributed by atoms with Crippen molar-refractivity contribution in [2.75, 3.05) is 5.75 Å². The molecule has 0 aliphatic heterocycles. The van der Waals surface area contributed by atoms with E-state index < -0.39 is 0 Å². The Morgan fingerprint density at radius 1 is 1.40 bits per heavy atom. The molecule has 0 N–H and O–H groups in total. The summed E-state index contributed by atoms with van der Waals surface area (Å²) in [5.41, 5.74) is 4.82. The van der Waals surface area contributed by atoms with Crippen molar-refractivity contribution in [2.24, 2.45) is 11.8 Å². The lowest BCUT2D eigenvalue weighted by Gasteiger charge is -2.32. The number of rotatable bonds is 3. The minimum Gasteiger partial charge on any atom is -0.179 e. The van der Waals surface area contributed by atoms with E-state index in [1.807, 2.05) is 0 Å². The number of hydrogen-bond acceptors (Lipinski definition) is 1. The highest BCUT2D eigenvalue weighted by molar-refractivity contribution is 7.80. The lowest BCUT2D eigenvalue weighted by molar-refractivity contribution is 0.494. The van der Waals surface area contributed by atoms with E-state index in [9.17, 15) is 0 Å². The molecular formula is C14H20S. The van der Waals surface area contributed by atoms with Crippen molar-refractivity contribution < 1.29 is 0 Å². The van der Waals surface area contributed by atoms with Crippen LogP contribution in [0.2, 0.25) is 0 Å². The van der Waals surface area contributed by atoms with Crippen LogP contribution in [-0.4, -0.2) is 5.75 Å². The minimum atomic E-state index is 0.666. The van der Waals surface area contributed by atoms with E-state index >= 15 is 0 Å². The average Bonchev–Trinajstić information content (AvgIpc) is 2.59. The molecule has 0 amide bonds. The molecule has 0 saturated heterocycles. The van der Waals surface area contributed by atoms with Crippen LogP contribution in [0.15, 0.2) is 35.5 Å². The van der Waals surface area contributed by atoms with Gasteiger partial charge in [-0.2, -0.15) is 12.6 Å². The number of allylic oxidation sites excluding steroid dienone is 5. The fourth-order valence-electron chi connectivity index (χ4n) is 2.95. The highest BCUT2D eigenvalue weighted by Gasteiger charge is 2.33. The predicted molar refractivity (Wildman–Crippen MR) is 70.3 cm³/mol. The van der Waals surface area contributed by atoms with Gasteiger partial charge in [0.15, 0.2) is 0 Å². The van der Waals surface area contributed by atoms with Crippen molar-refractivity contribution in [1.82, 2.24) is 0 Å².